The summed E-state index contributed by atoms with van der Waals surface area (Å²) in [6, 6.07) is 0.304. The van der Waals surface area contributed by atoms with Crippen LogP contribution in [0.2, 0.25) is 0 Å². The lowest BCUT2D eigenvalue weighted by molar-refractivity contribution is 0.238. The molecule has 3 heteroatoms. The lowest BCUT2D eigenvalue weighted by Crippen LogP contribution is -2.40. The molecule has 74 valence electrons. The maximum atomic E-state index is 11.2. The standard InChI is InChI=1S/C10H18N2O/c1-3-6-11-10(13)12-9-5-4-8(2)7-9/h3,8-9H,1,4-7H2,2H3,(H2,11,12,13). The van der Waals surface area contributed by atoms with Gasteiger partial charge in [-0.1, -0.05) is 13.0 Å². The monoisotopic (exact) mass is 182 g/mol. The van der Waals surface area contributed by atoms with Crippen LogP contribution in [0.4, 0.5) is 4.79 Å². The highest BCUT2D eigenvalue weighted by molar-refractivity contribution is 5.74. The molecule has 1 aliphatic rings. The van der Waals surface area contributed by atoms with Crippen molar-refractivity contribution in [2.24, 2.45) is 5.92 Å². The highest BCUT2D eigenvalue weighted by Gasteiger charge is 2.22. The Hall–Kier alpha value is -0.990. The summed E-state index contributed by atoms with van der Waals surface area (Å²) >= 11 is 0. The van der Waals surface area contributed by atoms with Crippen LogP contribution in [0.3, 0.4) is 0 Å². The molecule has 0 bridgehead atoms. The Morgan fingerprint density at radius 1 is 1.62 bits per heavy atom. The SMILES string of the molecule is C=CCNC(=O)NC1CCC(C)C1. The molecule has 0 spiro atoms. The molecule has 1 aliphatic carbocycles. The van der Waals surface area contributed by atoms with E-state index in [1.807, 2.05) is 0 Å². The fraction of sp³-hybridized carbons (Fsp3) is 0.700. The molecular weight excluding hydrogens is 164 g/mol. The maximum Gasteiger partial charge on any atom is 0.315 e. The third kappa shape index (κ3) is 3.49. The van der Waals surface area contributed by atoms with E-state index in [0.29, 0.717) is 12.6 Å². The molecule has 3 nitrogen and oxygen atoms in total. The molecule has 0 aromatic carbocycles. The fourth-order valence-electron chi connectivity index (χ4n) is 1.74. The van der Waals surface area contributed by atoms with Crippen molar-refractivity contribution < 1.29 is 4.79 Å². The van der Waals surface area contributed by atoms with E-state index in [0.717, 1.165) is 18.8 Å². The summed E-state index contributed by atoms with van der Waals surface area (Å²) in [5, 5.41) is 5.65. The molecule has 0 radical (unpaired) electrons. The minimum absolute atomic E-state index is 0.0704. The summed E-state index contributed by atoms with van der Waals surface area (Å²) in [4.78, 5) is 11.2. The fourth-order valence-corrected chi connectivity index (χ4v) is 1.74. The van der Waals surface area contributed by atoms with Crippen molar-refractivity contribution in [2.45, 2.75) is 32.2 Å². The molecule has 2 amide bonds. The first-order valence-electron chi connectivity index (χ1n) is 4.87. The summed E-state index contributed by atoms with van der Waals surface area (Å²) in [5.74, 6) is 0.754. The lowest BCUT2D eigenvalue weighted by Gasteiger charge is -2.12. The van der Waals surface area contributed by atoms with Crippen LogP contribution in [-0.4, -0.2) is 18.6 Å². The maximum absolute atomic E-state index is 11.2. The predicted octanol–water partition coefficient (Wildman–Crippen LogP) is 1.66. The first kappa shape index (κ1) is 10.1. The van der Waals surface area contributed by atoms with E-state index in [-0.39, 0.29) is 6.03 Å². The van der Waals surface area contributed by atoms with Gasteiger partial charge in [0.15, 0.2) is 0 Å². The topological polar surface area (TPSA) is 41.1 Å². The third-order valence-electron chi connectivity index (χ3n) is 2.44. The number of hydrogen-bond donors (Lipinski definition) is 2. The largest absolute Gasteiger partial charge is 0.335 e. The molecule has 2 unspecified atom stereocenters. The van der Waals surface area contributed by atoms with Crippen molar-refractivity contribution in [3.63, 3.8) is 0 Å². The first-order chi connectivity index (χ1) is 6.22. The molecular formula is C10H18N2O. The van der Waals surface area contributed by atoms with Gasteiger partial charge in [0.2, 0.25) is 0 Å². The molecule has 0 aromatic rings. The Morgan fingerprint density at radius 3 is 2.92 bits per heavy atom. The van der Waals surface area contributed by atoms with Crippen LogP contribution in [0.25, 0.3) is 0 Å². The number of amides is 2. The lowest BCUT2D eigenvalue weighted by atomic mass is 10.1. The van der Waals surface area contributed by atoms with Crippen LogP contribution in [0.1, 0.15) is 26.2 Å². The molecule has 1 saturated carbocycles. The minimum Gasteiger partial charge on any atom is -0.335 e. The van der Waals surface area contributed by atoms with Gasteiger partial charge in [-0.05, 0) is 25.2 Å². The van der Waals surface area contributed by atoms with Crippen molar-refractivity contribution in [3.05, 3.63) is 12.7 Å². The number of hydrogen-bond acceptors (Lipinski definition) is 1. The van der Waals surface area contributed by atoms with Gasteiger partial charge in [0.1, 0.15) is 0 Å². The van der Waals surface area contributed by atoms with Gasteiger partial charge in [-0.15, -0.1) is 6.58 Å². The first-order valence-corrected chi connectivity index (χ1v) is 4.87. The van der Waals surface area contributed by atoms with Crippen LogP contribution in [-0.2, 0) is 0 Å². The van der Waals surface area contributed by atoms with Gasteiger partial charge in [0.25, 0.3) is 0 Å². The van der Waals surface area contributed by atoms with Crippen LogP contribution < -0.4 is 10.6 Å². The second kappa shape index (κ2) is 4.90. The van der Waals surface area contributed by atoms with Crippen molar-refractivity contribution in [3.8, 4) is 0 Å². The van der Waals surface area contributed by atoms with E-state index in [1.165, 1.54) is 6.42 Å². The van der Waals surface area contributed by atoms with Gasteiger partial charge in [-0.25, -0.2) is 4.79 Å². The van der Waals surface area contributed by atoms with Crippen LogP contribution >= 0.6 is 0 Å². The van der Waals surface area contributed by atoms with E-state index in [1.54, 1.807) is 6.08 Å². The second-order valence-electron chi connectivity index (χ2n) is 3.76. The van der Waals surface area contributed by atoms with Crippen LogP contribution in [0, 0.1) is 5.92 Å². The number of rotatable bonds is 3. The van der Waals surface area contributed by atoms with E-state index in [4.69, 9.17) is 0 Å². The quantitative estimate of drug-likeness (QED) is 0.640. The molecule has 13 heavy (non-hydrogen) atoms. The Kier molecular flexibility index (Phi) is 3.80. The minimum atomic E-state index is -0.0704. The summed E-state index contributed by atoms with van der Waals surface area (Å²) in [7, 11) is 0. The summed E-state index contributed by atoms with van der Waals surface area (Å²) < 4.78 is 0. The average molecular weight is 182 g/mol. The number of urea groups is 1. The molecule has 0 heterocycles. The Bertz CT molecular complexity index is 191. The molecule has 2 N–H and O–H groups in total. The van der Waals surface area contributed by atoms with Crippen LogP contribution in [0.15, 0.2) is 12.7 Å². The smallest absolute Gasteiger partial charge is 0.315 e. The number of carbonyl (C=O) groups excluding carboxylic acids is 1. The van der Waals surface area contributed by atoms with E-state index in [2.05, 4.69) is 24.1 Å². The van der Waals surface area contributed by atoms with E-state index in [9.17, 15) is 4.79 Å². The molecule has 0 saturated heterocycles. The summed E-state index contributed by atoms with van der Waals surface area (Å²) in [6.45, 7) is 6.30. The molecule has 0 aromatic heterocycles. The van der Waals surface area contributed by atoms with Gasteiger partial charge in [0, 0.05) is 12.6 Å². The van der Waals surface area contributed by atoms with Crippen molar-refractivity contribution in [1.82, 2.24) is 10.6 Å². The van der Waals surface area contributed by atoms with Gasteiger partial charge < -0.3 is 10.6 Å². The van der Waals surface area contributed by atoms with Crippen molar-refractivity contribution in [2.75, 3.05) is 6.54 Å². The van der Waals surface area contributed by atoms with Crippen LogP contribution in [0.5, 0.6) is 0 Å². The van der Waals surface area contributed by atoms with Crippen molar-refractivity contribution in [1.29, 1.82) is 0 Å². The van der Waals surface area contributed by atoms with E-state index < -0.39 is 0 Å². The molecule has 1 rings (SSSR count). The second-order valence-corrected chi connectivity index (χ2v) is 3.76. The Morgan fingerprint density at radius 2 is 2.38 bits per heavy atom. The zero-order valence-corrected chi connectivity index (χ0v) is 8.18. The zero-order valence-electron chi connectivity index (χ0n) is 8.18. The van der Waals surface area contributed by atoms with Gasteiger partial charge in [0.05, 0.1) is 0 Å². The number of carbonyl (C=O) groups is 1. The highest BCUT2D eigenvalue weighted by Crippen LogP contribution is 2.24. The summed E-state index contributed by atoms with van der Waals surface area (Å²) in [5.41, 5.74) is 0. The van der Waals surface area contributed by atoms with Crippen molar-refractivity contribution >= 4 is 6.03 Å². The molecule has 0 aliphatic heterocycles. The Labute approximate surface area is 79.6 Å². The van der Waals surface area contributed by atoms with Gasteiger partial charge in [-0.2, -0.15) is 0 Å². The highest BCUT2D eigenvalue weighted by atomic mass is 16.2. The van der Waals surface area contributed by atoms with Gasteiger partial charge >= 0.3 is 6.03 Å². The average Bonchev–Trinajstić information content (AvgIpc) is 2.48. The molecule has 1 fully saturated rings. The zero-order chi connectivity index (χ0) is 9.68. The third-order valence-corrected chi connectivity index (χ3v) is 2.44. The predicted molar refractivity (Wildman–Crippen MR) is 53.5 cm³/mol. The Balaban J connectivity index is 2.16. The molecule has 2 atom stereocenters. The van der Waals surface area contributed by atoms with Gasteiger partial charge in [-0.3, -0.25) is 0 Å². The van der Waals surface area contributed by atoms with E-state index >= 15 is 0 Å². The number of nitrogens with one attached hydrogen (secondary N) is 2. The summed E-state index contributed by atoms with van der Waals surface area (Å²) in [6.07, 6.45) is 5.13. The normalized spacial score (nSPS) is 26.8.